The summed E-state index contributed by atoms with van der Waals surface area (Å²) >= 11 is 0. The zero-order valence-electron chi connectivity index (χ0n) is 14.0. The summed E-state index contributed by atoms with van der Waals surface area (Å²) in [7, 11) is 1.63. The standard InChI is InChI=1S/C17H20N2O5/c1-11-8-13(12(2)19(11)5-7-22-3)9-14(10-18)16(20)24-15-4-6-23-17(15)21/h8-9,15H,4-7H2,1-3H3/b14-9+/t15-/m0/s1. The second-order valence-corrected chi connectivity index (χ2v) is 5.49. The number of ether oxygens (including phenoxy) is 3. The molecule has 1 aromatic rings. The molecule has 1 atom stereocenters. The lowest BCUT2D eigenvalue weighted by atomic mass is 10.1. The van der Waals surface area contributed by atoms with Gasteiger partial charge >= 0.3 is 11.9 Å². The Bertz CT molecular complexity index is 711. The number of methoxy groups -OCH3 is 1. The third-order valence-corrected chi connectivity index (χ3v) is 3.91. The van der Waals surface area contributed by atoms with Gasteiger partial charge in [-0.15, -0.1) is 0 Å². The molecule has 2 heterocycles. The van der Waals surface area contributed by atoms with E-state index in [0.29, 0.717) is 19.6 Å². The van der Waals surface area contributed by atoms with E-state index >= 15 is 0 Å². The first-order chi connectivity index (χ1) is 11.5. The molecule has 128 valence electrons. The number of aryl methyl sites for hydroxylation is 1. The molecule has 1 fully saturated rings. The summed E-state index contributed by atoms with van der Waals surface area (Å²) in [4.78, 5) is 23.5. The first kappa shape index (κ1) is 17.8. The van der Waals surface area contributed by atoms with Crippen LogP contribution in [0.3, 0.4) is 0 Å². The molecule has 24 heavy (non-hydrogen) atoms. The maximum atomic E-state index is 12.1. The normalized spacial score (nSPS) is 17.5. The highest BCUT2D eigenvalue weighted by Crippen LogP contribution is 2.20. The number of nitrogens with zero attached hydrogens (tertiary/aromatic N) is 2. The quantitative estimate of drug-likeness (QED) is 0.446. The first-order valence-electron chi connectivity index (χ1n) is 7.63. The largest absolute Gasteiger partial charge is 0.463 e. The van der Waals surface area contributed by atoms with Crippen LogP contribution in [0.5, 0.6) is 0 Å². The van der Waals surface area contributed by atoms with E-state index in [1.54, 1.807) is 7.11 Å². The Balaban J connectivity index is 2.19. The number of cyclic esters (lactones) is 1. The van der Waals surface area contributed by atoms with Crippen LogP contribution in [0.15, 0.2) is 11.6 Å². The predicted molar refractivity (Wildman–Crippen MR) is 84.8 cm³/mol. The molecule has 0 aromatic carbocycles. The first-order valence-corrected chi connectivity index (χ1v) is 7.63. The molecule has 0 amide bonds. The molecule has 0 saturated carbocycles. The van der Waals surface area contributed by atoms with Crippen molar-refractivity contribution in [2.24, 2.45) is 0 Å². The number of aromatic nitrogens is 1. The molecular formula is C17H20N2O5. The minimum Gasteiger partial charge on any atom is -0.463 e. The Hall–Kier alpha value is -2.59. The summed E-state index contributed by atoms with van der Waals surface area (Å²) in [5, 5.41) is 9.24. The van der Waals surface area contributed by atoms with Crippen molar-refractivity contribution in [3.63, 3.8) is 0 Å². The number of esters is 2. The molecule has 0 bridgehead atoms. The van der Waals surface area contributed by atoms with Crippen molar-refractivity contribution in [3.8, 4) is 6.07 Å². The van der Waals surface area contributed by atoms with Crippen LogP contribution >= 0.6 is 0 Å². The second kappa shape index (κ2) is 7.79. The Labute approximate surface area is 140 Å². The van der Waals surface area contributed by atoms with Gasteiger partial charge in [0.2, 0.25) is 6.10 Å². The average molecular weight is 332 g/mol. The second-order valence-electron chi connectivity index (χ2n) is 5.49. The molecule has 0 aliphatic carbocycles. The zero-order chi connectivity index (χ0) is 17.7. The van der Waals surface area contributed by atoms with Crippen LogP contribution in [0.4, 0.5) is 0 Å². The van der Waals surface area contributed by atoms with E-state index in [0.717, 1.165) is 17.0 Å². The topological polar surface area (TPSA) is 90.6 Å². The molecule has 7 heteroatoms. The van der Waals surface area contributed by atoms with Crippen molar-refractivity contribution in [1.29, 1.82) is 5.26 Å². The van der Waals surface area contributed by atoms with Gasteiger partial charge in [0, 0.05) is 31.5 Å². The lowest BCUT2D eigenvalue weighted by molar-refractivity contribution is -0.157. The lowest BCUT2D eigenvalue weighted by Gasteiger charge is -2.09. The maximum absolute atomic E-state index is 12.1. The lowest BCUT2D eigenvalue weighted by Crippen LogP contribution is -2.23. The fraction of sp³-hybridized carbons (Fsp3) is 0.471. The van der Waals surface area contributed by atoms with Gasteiger partial charge in [0.1, 0.15) is 11.6 Å². The summed E-state index contributed by atoms with van der Waals surface area (Å²) in [6.07, 6.45) is 0.867. The minimum atomic E-state index is -0.927. The number of carbonyl (C=O) groups is 2. The van der Waals surface area contributed by atoms with Crippen molar-refractivity contribution in [2.45, 2.75) is 32.9 Å². The summed E-state index contributed by atoms with van der Waals surface area (Å²) in [5.74, 6) is -1.39. The Kier molecular flexibility index (Phi) is 5.77. The van der Waals surface area contributed by atoms with Gasteiger partial charge in [0.15, 0.2) is 0 Å². The number of carbonyl (C=O) groups excluding carboxylic acids is 2. The fourth-order valence-corrected chi connectivity index (χ4v) is 2.57. The van der Waals surface area contributed by atoms with Crippen LogP contribution in [0, 0.1) is 25.2 Å². The van der Waals surface area contributed by atoms with Crippen LogP contribution in [0.1, 0.15) is 23.4 Å². The van der Waals surface area contributed by atoms with Gasteiger partial charge in [-0.2, -0.15) is 5.26 Å². The van der Waals surface area contributed by atoms with Crippen molar-refractivity contribution in [2.75, 3.05) is 20.3 Å². The van der Waals surface area contributed by atoms with E-state index in [1.165, 1.54) is 6.08 Å². The molecular weight excluding hydrogens is 312 g/mol. The zero-order valence-corrected chi connectivity index (χ0v) is 14.0. The van der Waals surface area contributed by atoms with E-state index in [1.807, 2.05) is 30.6 Å². The van der Waals surface area contributed by atoms with Gasteiger partial charge in [-0.05, 0) is 31.6 Å². The molecule has 2 rings (SSSR count). The van der Waals surface area contributed by atoms with Crippen molar-refractivity contribution in [1.82, 2.24) is 4.57 Å². The number of hydrogen-bond donors (Lipinski definition) is 0. The average Bonchev–Trinajstić information content (AvgIpc) is 3.07. The highest BCUT2D eigenvalue weighted by atomic mass is 16.6. The smallest absolute Gasteiger partial charge is 0.349 e. The highest BCUT2D eigenvalue weighted by Gasteiger charge is 2.31. The Morgan fingerprint density at radius 2 is 2.29 bits per heavy atom. The molecule has 1 aliphatic heterocycles. The van der Waals surface area contributed by atoms with Gasteiger partial charge in [-0.3, -0.25) is 0 Å². The Morgan fingerprint density at radius 1 is 1.54 bits per heavy atom. The molecule has 0 unspecified atom stereocenters. The van der Waals surface area contributed by atoms with E-state index in [4.69, 9.17) is 14.2 Å². The van der Waals surface area contributed by atoms with E-state index < -0.39 is 18.0 Å². The Morgan fingerprint density at radius 3 is 2.88 bits per heavy atom. The van der Waals surface area contributed by atoms with Crippen LogP contribution in [0.2, 0.25) is 0 Å². The number of hydrogen-bond acceptors (Lipinski definition) is 6. The molecule has 7 nitrogen and oxygen atoms in total. The molecule has 0 spiro atoms. The van der Waals surface area contributed by atoms with Crippen LogP contribution in [-0.4, -0.2) is 42.9 Å². The summed E-state index contributed by atoms with van der Waals surface area (Å²) in [6.45, 7) is 5.32. The van der Waals surface area contributed by atoms with Gasteiger partial charge in [-0.25, -0.2) is 9.59 Å². The molecule has 1 saturated heterocycles. The van der Waals surface area contributed by atoms with Crippen molar-refractivity contribution < 1.29 is 23.8 Å². The van der Waals surface area contributed by atoms with Gasteiger partial charge < -0.3 is 18.8 Å². The minimum absolute atomic E-state index is 0.151. The number of nitriles is 1. The van der Waals surface area contributed by atoms with Gasteiger partial charge in [0.25, 0.3) is 0 Å². The van der Waals surface area contributed by atoms with E-state index in [2.05, 4.69) is 0 Å². The fourth-order valence-electron chi connectivity index (χ4n) is 2.57. The van der Waals surface area contributed by atoms with Crippen molar-refractivity contribution in [3.05, 3.63) is 28.6 Å². The molecule has 1 aromatic heterocycles. The molecule has 0 N–H and O–H groups in total. The summed E-state index contributed by atoms with van der Waals surface area (Å²) < 4.78 is 16.9. The summed E-state index contributed by atoms with van der Waals surface area (Å²) in [6, 6.07) is 3.73. The van der Waals surface area contributed by atoms with Crippen LogP contribution in [0.25, 0.3) is 6.08 Å². The molecule has 0 radical (unpaired) electrons. The monoisotopic (exact) mass is 332 g/mol. The van der Waals surface area contributed by atoms with Crippen LogP contribution < -0.4 is 0 Å². The van der Waals surface area contributed by atoms with Crippen LogP contribution in [-0.2, 0) is 30.3 Å². The maximum Gasteiger partial charge on any atom is 0.349 e. The van der Waals surface area contributed by atoms with Gasteiger partial charge in [0.05, 0.1) is 13.2 Å². The van der Waals surface area contributed by atoms with E-state index in [-0.39, 0.29) is 12.2 Å². The van der Waals surface area contributed by atoms with Gasteiger partial charge in [-0.1, -0.05) is 0 Å². The van der Waals surface area contributed by atoms with E-state index in [9.17, 15) is 14.9 Å². The summed E-state index contributed by atoms with van der Waals surface area (Å²) in [5.41, 5.74) is 2.53. The predicted octanol–water partition coefficient (Wildman–Crippen LogP) is 1.52. The molecule has 1 aliphatic rings. The third kappa shape index (κ3) is 3.84. The third-order valence-electron chi connectivity index (χ3n) is 3.91. The highest BCUT2D eigenvalue weighted by molar-refractivity contribution is 5.99. The number of rotatable bonds is 6. The van der Waals surface area contributed by atoms with Crippen molar-refractivity contribution >= 4 is 18.0 Å². The SMILES string of the molecule is COCCn1c(C)cc(/C=C(\C#N)C(=O)O[C@H]2CCOC2=O)c1C.